The molecule has 5 aromatic heterocycles. The molecule has 185 valence electrons. The summed E-state index contributed by atoms with van der Waals surface area (Å²) in [6, 6.07) is 30.0. The molecule has 3 aromatic carbocycles. The third-order valence-corrected chi connectivity index (χ3v) is 7.68. The molecule has 8 rings (SSSR count). The van der Waals surface area contributed by atoms with Crippen LogP contribution in [0.5, 0.6) is 0 Å². The van der Waals surface area contributed by atoms with E-state index in [-0.39, 0.29) is 20.1 Å². The standard InChI is InChI=1S/C19H8N3OS2.C11H8N.Ir/c1-2-7-20-12(6-1)10-4-3-5-11-13-17(23-16(10)11)19-15(22-9-25-19)14-18(13)24-8-21-14;1-2-6-10(7-3-1)11-8-4-5-9-12-11;/h1-3,5-9H;1-6,8-9H;/q2*-1;. The predicted octanol–water partition coefficient (Wildman–Crippen LogP) is 8.21. The average molecular weight is 705 g/mol. The first-order valence-corrected chi connectivity index (χ1v) is 13.3. The first-order valence-electron chi connectivity index (χ1n) is 11.5. The predicted molar refractivity (Wildman–Crippen MR) is 151 cm³/mol. The summed E-state index contributed by atoms with van der Waals surface area (Å²) in [5, 5.41) is 2.18. The van der Waals surface area contributed by atoms with Gasteiger partial charge < -0.3 is 14.4 Å². The molecule has 0 aliphatic carbocycles. The Morgan fingerprint density at radius 1 is 0.632 bits per heavy atom. The van der Waals surface area contributed by atoms with E-state index in [1.54, 1.807) is 35.1 Å². The second-order valence-corrected chi connectivity index (χ2v) is 9.88. The Kier molecular flexibility index (Phi) is 6.79. The van der Waals surface area contributed by atoms with E-state index < -0.39 is 0 Å². The topological polar surface area (TPSA) is 64.7 Å². The van der Waals surface area contributed by atoms with Crippen molar-refractivity contribution in [3.63, 3.8) is 0 Å². The molecule has 38 heavy (non-hydrogen) atoms. The molecule has 8 aromatic rings. The van der Waals surface area contributed by atoms with Gasteiger partial charge in [-0.25, -0.2) is 9.97 Å². The molecule has 1 radical (unpaired) electrons. The maximum atomic E-state index is 6.37. The van der Waals surface area contributed by atoms with E-state index in [2.05, 4.69) is 38.1 Å². The van der Waals surface area contributed by atoms with Crippen molar-refractivity contribution in [2.45, 2.75) is 0 Å². The fraction of sp³-hybridized carbons (Fsp3) is 0. The van der Waals surface area contributed by atoms with Gasteiger partial charge >= 0.3 is 0 Å². The van der Waals surface area contributed by atoms with Gasteiger partial charge in [-0.1, -0.05) is 35.2 Å². The SMILES string of the molecule is [Ir].[c-]1ccc2c(oc3c4scnc4c4ncsc4c23)c1-c1ccccn1.[c-]1ccccc1-c1ccccn1. The largest absolute Gasteiger partial charge is 0.499 e. The van der Waals surface area contributed by atoms with Crippen molar-refractivity contribution in [2.24, 2.45) is 0 Å². The number of nitrogens with zero attached hydrogens (tertiary/aromatic N) is 4. The molecule has 0 N–H and O–H groups in total. The Bertz CT molecular complexity index is 1950. The van der Waals surface area contributed by atoms with E-state index >= 15 is 0 Å². The molecular formula is C30H16IrN4OS2-2. The molecule has 0 bridgehead atoms. The van der Waals surface area contributed by atoms with Gasteiger partial charge in [0.1, 0.15) is 16.6 Å². The van der Waals surface area contributed by atoms with Gasteiger partial charge in [-0.05, 0) is 23.5 Å². The van der Waals surface area contributed by atoms with Gasteiger partial charge in [0.2, 0.25) is 0 Å². The van der Waals surface area contributed by atoms with Crippen molar-refractivity contribution in [3.05, 3.63) is 108 Å². The number of fused-ring (bicyclic) bond motifs is 8. The Labute approximate surface area is 239 Å². The quantitative estimate of drug-likeness (QED) is 0.170. The molecule has 0 saturated heterocycles. The van der Waals surface area contributed by atoms with E-state index in [9.17, 15) is 0 Å². The van der Waals surface area contributed by atoms with Crippen LogP contribution >= 0.6 is 22.7 Å². The molecule has 8 heteroatoms. The summed E-state index contributed by atoms with van der Waals surface area (Å²) in [6.07, 6.45) is 3.57. The van der Waals surface area contributed by atoms with Crippen LogP contribution in [-0.4, -0.2) is 19.9 Å². The minimum absolute atomic E-state index is 0. The second-order valence-electron chi connectivity index (χ2n) is 8.17. The average Bonchev–Trinajstić information content (AvgIpc) is 3.72. The zero-order valence-electron chi connectivity index (χ0n) is 19.6. The fourth-order valence-corrected chi connectivity index (χ4v) is 6.01. The Hall–Kier alpha value is -3.81. The molecule has 0 aliphatic heterocycles. The molecular weight excluding hydrogens is 689 g/mol. The van der Waals surface area contributed by atoms with Gasteiger partial charge in [0.05, 0.1) is 26.0 Å². The summed E-state index contributed by atoms with van der Waals surface area (Å²) >= 11 is 3.21. The summed E-state index contributed by atoms with van der Waals surface area (Å²) < 4.78 is 8.52. The summed E-state index contributed by atoms with van der Waals surface area (Å²) in [5.74, 6) is 0. The molecule has 5 heterocycles. The molecule has 5 nitrogen and oxygen atoms in total. The van der Waals surface area contributed by atoms with E-state index in [1.807, 2.05) is 77.8 Å². The number of aromatic nitrogens is 4. The van der Waals surface area contributed by atoms with Crippen molar-refractivity contribution in [1.82, 2.24) is 19.9 Å². The van der Waals surface area contributed by atoms with Crippen molar-refractivity contribution < 1.29 is 24.5 Å². The third-order valence-electron chi connectivity index (χ3n) is 6.01. The molecule has 0 unspecified atom stereocenters. The number of furan rings is 1. The Morgan fingerprint density at radius 3 is 2.05 bits per heavy atom. The number of benzene rings is 3. The monoisotopic (exact) mass is 705 g/mol. The molecule has 0 fully saturated rings. The van der Waals surface area contributed by atoms with Crippen LogP contribution in [0.4, 0.5) is 0 Å². The van der Waals surface area contributed by atoms with E-state index in [0.717, 1.165) is 64.9 Å². The molecule has 0 amide bonds. The van der Waals surface area contributed by atoms with Crippen LogP contribution in [-0.2, 0) is 20.1 Å². The van der Waals surface area contributed by atoms with E-state index in [1.165, 1.54) is 0 Å². The Morgan fingerprint density at radius 2 is 1.34 bits per heavy atom. The van der Waals surface area contributed by atoms with Crippen molar-refractivity contribution in [3.8, 4) is 22.5 Å². The normalized spacial score (nSPS) is 10.9. The molecule has 0 saturated carbocycles. The van der Waals surface area contributed by atoms with Crippen LogP contribution in [0.25, 0.3) is 64.9 Å². The fourth-order valence-electron chi connectivity index (χ4n) is 4.39. The van der Waals surface area contributed by atoms with Crippen LogP contribution in [0.15, 0.2) is 101 Å². The van der Waals surface area contributed by atoms with Gasteiger partial charge in [-0.15, -0.1) is 76.8 Å². The van der Waals surface area contributed by atoms with Crippen LogP contribution < -0.4 is 0 Å². The first kappa shape index (κ1) is 24.5. The number of hydrogen-bond donors (Lipinski definition) is 0. The van der Waals surface area contributed by atoms with Gasteiger partial charge in [-0.3, -0.25) is 0 Å². The van der Waals surface area contributed by atoms with Gasteiger partial charge in [0, 0.05) is 37.9 Å². The summed E-state index contributed by atoms with van der Waals surface area (Å²) in [4.78, 5) is 17.7. The van der Waals surface area contributed by atoms with Gasteiger partial charge in [0.15, 0.2) is 0 Å². The Balaban J connectivity index is 0.000000172. The maximum absolute atomic E-state index is 6.37. The zero-order chi connectivity index (χ0) is 24.6. The maximum Gasteiger partial charge on any atom is 0.141 e. The summed E-state index contributed by atoms with van der Waals surface area (Å²) in [5.41, 5.74) is 11.0. The van der Waals surface area contributed by atoms with E-state index in [0.29, 0.717) is 0 Å². The minimum atomic E-state index is 0. The van der Waals surface area contributed by atoms with E-state index in [4.69, 9.17) is 4.42 Å². The van der Waals surface area contributed by atoms with Crippen molar-refractivity contribution >= 4 is 65.0 Å². The van der Waals surface area contributed by atoms with Crippen LogP contribution in [0.2, 0.25) is 0 Å². The zero-order valence-corrected chi connectivity index (χ0v) is 23.6. The van der Waals surface area contributed by atoms with Crippen LogP contribution in [0.1, 0.15) is 0 Å². The number of pyridine rings is 2. The second kappa shape index (κ2) is 10.5. The third kappa shape index (κ3) is 4.22. The minimum Gasteiger partial charge on any atom is -0.499 e. The van der Waals surface area contributed by atoms with Gasteiger partial charge in [0.25, 0.3) is 0 Å². The van der Waals surface area contributed by atoms with Gasteiger partial charge in [-0.2, -0.15) is 0 Å². The van der Waals surface area contributed by atoms with Crippen molar-refractivity contribution in [1.29, 1.82) is 0 Å². The first-order chi connectivity index (χ1) is 18.4. The van der Waals surface area contributed by atoms with Crippen LogP contribution in [0.3, 0.4) is 0 Å². The number of rotatable bonds is 2. The molecule has 0 atom stereocenters. The summed E-state index contributed by atoms with van der Waals surface area (Å²) in [7, 11) is 0. The smallest absolute Gasteiger partial charge is 0.141 e. The number of hydrogen-bond acceptors (Lipinski definition) is 7. The number of thiazole rings is 2. The molecule has 0 spiro atoms. The summed E-state index contributed by atoms with van der Waals surface area (Å²) in [6.45, 7) is 0. The van der Waals surface area contributed by atoms with Crippen molar-refractivity contribution in [2.75, 3.05) is 0 Å². The van der Waals surface area contributed by atoms with Crippen LogP contribution in [0, 0.1) is 12.1 Å². The molecule has 0 aliphatic rings.